The standard InChI is InChI=1S/C10H21N3O2/c1-10(2,11)9(14)15-8-7-13-5-3-12-4-6-13/h12H,3-8,11H2,1-2H3. The molecule has 1 fully saturated rings. The van der Waals surface area contributed by atoms with Gasteiger partial charge in [-0.2, -0.15) is 0 Å². The average molecular weight is 215 g/mol. The summed E-state index contributed by atoms with van der Waals surface area (Å²) in [6.07, 6.45) is 0. The second-order valence-corrected chi connectivity index (χ2v) is 4.45. The predicted octanol–water partition coefficient (Wildman–Crippen LogP) is -0.828. The molecule has 3 N–H and O–H groups in total. The average Bonchev–Trinajstić information content (AvgIpc) is 2.18. The van der Waals surface area contributed by atoms with Crippen molar-refractivity contribution in [1.29, 1.82) is 0 Å². The van der Waals surface area contributed by atoms with Gasteiger partial charge in [0.15, 0.2) is 0 Å². The largest absolute Gasteiger partial charge is 0.463 e. The van der Waals surface area contributed by atoms with E-state index in [4.69, 9.17) is 10.5 Å². The van der Waals surface area contributed by atoms with Crippen LogP contribution in [0.4, 0.5) is 0 Å². The van der Waals surface area contributed by atoms with Crippen LogP contribution in [0.5, 0.6) is 0 Å². The van der Waals surface area contributed by atoms with Crippen molar-refractivity contribution in [2.24, 2.45) is 5.73 Å². The fourth-order valence-electron chi connectivity index (χ4n) is 1.39. The highest BCUT2D eigenvalue weighted by Gasteiger charge is 2.23. The van der Waals surface area contributed by atoms with E-state index in [9.17, 15) is 4.79 Å². The molecule has 1 saturated heterocycles. The maximum atomic E-state index is 11.3. The van der Waals surface area contributed by atoms with Crippen molar-refractivity contribution < 1.29 is 9.53 Å². The monoisotopic (exact) mass is 215 g/mol. The molecular weight excluding hydrogens is 194 g/mol. The SMILES string of the molecule is CC(C)(N)C(=O)OCCN1CCNCC1. The first-order valence-electron chi connectivity index (χ1n) is 5.39. The van der Waals surface area contributed by atoms with Crippen LogP contribution in [0.25, 0.3) is 0 Å². The lowest BCUT2D eigenvalue weighted by atomic mass is 10.1. The molecule has 0 bridgehead atoms. The Morgan fingerprint density at radius 1 is 1.47 bits per heavy atom. The van der Waals surface area contributed by atoms with Gasteiger partial charge in [-0.3, -0.25) is 9.69 Å². The lowest BCUT2D eigenvalue weighted by Gasteiger charge is -2.27. The molecule has 0 spiro atoms. The molecular formula is C10H21N3O2. The summed E-state index contributed by atoms with van der Waals surface area (Å²) in [6, 6.07) is 0. The number of rotatable bonds is 4. The Labute approximate surface area is 90.9 Å². The summed E-state index contributed by atoms with van der Waals surface area (Å²) in [5.74, 6) is -0.336. The number of nitrogens with two attached hydrogens (primary N) is 1. The van der Waals surface area contributed by atoms with Crippen LogP contribution in [-0.4, -0.2) is 55.7 Å². The van der Waals surface area contributed by atoms with Gasteiger partial charge in [0.25, 0.3) is 0 Å². The van der Waals surface area contributed by atoms with Gasteiger partial charge >= 0.3 is 5.97 Å². The van der Waals surface area contributed by atoms with Gasteiger partial charge in [0.05, 0.1) is 0 Å². The van der Waals surface area contributed by atoms with Crippen LogP contribution in [0.1, 0.15) is 13.8 Å². The van der Waals surface area contributed by atoms with E-state index in [1.54, 1.807) is 13.8 Å². The van der Waals surface area contributed by atoms with E-state index in [2.05, 4.69) is 10.2 Å². The Morgan fingerprint density at radius 3 is 2.60 bits per heavy atom. The summed E-state index contributed by atoms with van der Waals surface area (Å²) in [5, 5.41) is 3.27. The Bertz CT molecular complexity index is 207. The Hall–Kier alpha value is -0.650. The topological polar surface area (TPSA) is 67.6 Å². The maximum Gasteiger partial charge on any atom is 0.325 e. The van der Waals surface area contributed by atoms with Gasteiger partial charge in [0.2, 0.25) is 0 Å². The van der Waals surface area contributed by atoms with Gasteiger partial charge in [-0.05, 0) is 13.8 Å². The molecule has 0 unspecified atom stereocenters. The third-order valence-corrected chi connectivity index (χ3v) is 2.38. The second kappa shape index (κ2) is 5.44. The van der Waals surface area contributed by atoms with E-state index in [0.29, 0.717) is 6.61 Å². The molecule has 0 aromatic rings. The molecule has 1 heterocycles. The molecule has 5 heteroatoms. The van der Waals surface area contributed by atoms with E-state index < -0.39 is 5.54 Å². The highest BCUT2D eigenvalue weighted by atomic mass is 16.5. The second-order valence-electron chi connectivity index (χ2n) is 4.45. The van der Waals surface area contributed by atoms with Crippen LogP contribution in [0, 0.1) is 0 Å². The number of nitrogens with zero attached hydrogens (tertiary/aromatic N) is 1. The van der Waals surface area contributed by atoms with Gasteiger partial charge in [0, 0.05) is 32.7 Å². The van der Waals surface area contributed by atoms with Crippen LogP contribution < -0.4 is 11.1 Å². The zero-order chi connectivity index (χ0) is 11.3. The van der Waals surface area contributed by atoms with Gasteiger partial charge in [-0.25, -0.2) is 0 Å². The normalized spacial score (nSPS) is 18.9. The Kier molecular flexibility index (Phi) is 4.50. The molecule has 0 aromatic carbocycles. The molecule has 1 aliphatic rings. The summed E-state index contributed by atoms with van der Waals surface area (Å²) >= 11 is 0. The first-order valence-corrected chi connectivity index (χ1v) is 5.39. The fraction of sp³-hybridized carbons (Fsp3) is 0.900. The van der Waals surface area contributed by atoms with Crippen LogP contribution in [0.2, 0.25) is 0 Å². The minimum atomic E-state index is -0.885. The summed E-state index contributed by atoms with van der Waals surface area (Å²) in [6.45, 7) is 8.59. The molecule has 5 nitrogen and oxygen atoms in total. The number of carbonyl (C=O) groups is 1. The van der Waals surface area contributed by atoms with E-state index in [1.807, 2.05) is 0 Å². The van der Waals surface area contributed by atoms with Crippen molar-refractivity contribution in [3.8, 4) is 0 Å². The first kappa shape index (κ1) is 12.4. The molecule has 15 heavy (non-hydrogen) atoms. The van der Waals surface area contributed by atoms with Crippen molar-refractivity contribution in [1.82, 2.24) is 10.2 Å². The quantitative estimate of drug-likeness (QED) is 0.599. The summed E-state index contributed by atoms with van der Waals surface area (Å²) in [4.78, 5) is 13.6. The van der Waals surface area contributed by atoms with Crippen molar-refractivity contribution in [2.75, 3.05) is 39.3 Å². The van der Waals surface area contributed by atoms with Crippen LogP contribution in [0.15, 0.2) is 0 Å². The number of carbonyl (C=O) groups excluding carboxylic acids is 1. The van der Waals surface area contributed by atoms with Gasteiger partial charge in [-0.1, -0.05) is 0 Å². The third kappa shape index (κ3) is 4.59. The van der Waals surface area contributed by atoms with Crippen molar-refractivity contribution >= 4 is 5.97 Å². The highest BCUT2D eigenvalue weighted by Crippen LogP contribution is 2.00. The number of ether oxygens (including phenoxy) is 1. The van der Waals surface area contributed by atoms with E-state index in [1.165, 1.54) is 0 Å². The van der Waals surface area contributed by atoms with Crippen LogP contribution >= 0.6 is 0 Å². The molecule has 1 aliphatic heterocycles. The van der Waals surface area contributed by atoms with E-state index >= 15 is 0 Å². The number of piperazine rings is 1. The summed E-state index contributed by atoms with van der Waals surface area (Å²) in [5.41, 5.74) is 4.71. The number of hydrogen-bond acceptors (Lipinski definition) is 5. The van der Waals surface area contributed by atoms with E-state index in [-0.39, 0.29) is 5.97 Å². The van der Waals surface area contributed by atoms with Crippen LogP contribution in [0.3, 0.4) is 0 Å². The molecule has 0 amide bonds. The van der Waals surface area contributed by atoms with Gasteiger partial charge in [0.1, 0.15) is 12.1 Å². The minimum absolute atomic E-state index is 0.336. The van der Waals surface area contributed by atoms with Crippen molar-refractivity contribution in [3.05, 3.63) is 0 Å². The molecule has 0 saturated carbocycles. The van der Waals surface area contributed by atoms with E-state index in [0.717, 1.165) is 32.7 Å². The van der Waals surface area contributed by atoms with Gasteiger partial charge < -0.3 is 15.8 Å². The lowest BCUT2D eigenvalue weighted by Crippen LogP contribution is -2.46. The summed E-state index contributed by atoms with van der Waals surface area (Å²) in [7, 11) is 0. The molecule has 1 rings (SSSR count). The molecule has 0 radical (unpaired) electrons. The highest BCUT2D eigenvalue weighted by molar-refractivity contribution is 5.79. The molecule has 0 atom stereocenters. The Morgan fingerprint density at radius 2 is 2.07 bits per heavy atom. The van der Waals surface area contributed by atoms with Crippen LogP contribution in [-0.2, 0) is 9.53 Å². The van der Waals surface area contributed by atoms with Crippen molar-refractivity contribution in [2.45, 2.75) is 19.4 Å². The third-order valence-electron chi connectivity index (χ3n) is 2.38. The van der Waals surface area contributed by atoms with Crippen molar-refractivity contribution in [3.63, 3.8) is 0 Å². The number of nitrogens with one attached hydrogen (secondary N) is 1. The fourth-order valence-corrected chi connectivity index (χ4v) is 1.39. The predicted molar refractivity (Wildman–Crippen MR) is 58.5 cm³/mol. The summed E-state index contributed by atoms with van der Waals surface area (Å²) < 4.78 is 5.08. The number of hydrogen-bond donors (Lipinski definition) is 2. The van der Waals surface area contributed by atoms with Gasteiger partial charge in [-0.15, -0.1) is 0 Å². The molecule has 0 aliphatic carbocycles. The molecule has 88 valence electrons. The first-order chi connectivity index (χ1) is 7.00. The zero-order valence-corrected chi connectivity index (χ0v) is 9.58. The number of esters is 1. The smallest absolute Gasteiger partial charge is 0.325 e. The maximum absolute atomic E-state index is 11.3. The Balaban J connectivity index is 2.12. The molecule has 0 aromatic heterocycles. The zero-order valence-electron chi connectivity index (χ0n) is 9.58. The minimum Gasteiger partial charge on any atom is -0.463 e. The lowest BCUT2D eigenvalue weighted by molar-refractivity contribution is -0.149.